The van der Waals surface area contributed by atoms with E-state index in [1.807, 2.05) is 13.1 Å². The number of anilines is 1. The topological polar surface area (TPSA) is 29.0 Å². The maximum absolute atomic E-state index is 4.67. The third kappa shape index (κ3) is 2.92. The molecule has 19 heavy (non-hydrogen) atoms. The molecule has 1 heterocycles. The molecular weight excluding hydrogens is 234 g/mol. The number of rotatable bonds is 4. The van der Waals surface area contributed by atoms with E-state index in [9.17, 15) is 0 Å². The van der Waals surface area contributed by atoms with Gasteiger partial charge in [0.2, 0.25) is 0 Å². The first-order valence-corrected chi connectivity index (χ1v) is 6.72. The lowest BCUT2D eigenvalue weighted by atomic mass is 10.0. The summed E-state index contributed by atoms with van der Waals surface area (Å²) in [4.78, 5) is 11.1. The molecule has 0 spiro atoms. The Hall–Kier alpha value is -1.90. The first-order chi connectivity index (χ1) is 9.13. The molecule has 2 rings (SSSR count). The van der Waals surface area contributed by atoms with Crippen molar-refractivity contribution >= 4 is 5.69 Å². The summed E-state index contributed by atoms with van der Waals surface area (Å²) in [5.74, 6) is 0.823. The maximum Gasteiger partial charge on any atom is 0.125 e. The summed E-state index contributed by atoms with van der Waals surface area (Å²) in [6.45, 7) is 4.12. The second-order valence-corrected chi connectivity index (χ2v) is 4.95. The van der Waals surface area contributed by atoms with Crippen molar-refractivity contribution in [3.05, 3.63) is 41.9 Å². The van der Waals surface area contributed by atoms with Crippen molar-refractivity contribution in [3.8, 4) is 11.3 Å². The molecule has 0 saturated heterocycles. The molecule has 3 heteroatoms. The molecule has 2 aromatic rings. The van der Waals surface area contributed by atoms with Gasteiger partial charge in [-0.25, -0.2) is 9.97 Å². The lowest BCUT2D eigenvalue weighted by molar-refractivity contribution is 0.893. The van der Waals surface area contributed by atoms with Crippen LogP contribution in [0.3, 0.4) is 0 Å². The molecule has 0 aliphatic carbocycles. The monoisotopic (exact) mass is 255 g/mol. The minimum Gasteiger partial charge on any atom is -0.377 e. The van der Waals surface area contributed by atoms with E-state index in [2.05, 4.69) is 60.2 Å². The Balaban J connectivity index is 2.60. The number of nitrogens with zero attached hydrogens (tertiary/aromatic N) is 3. The predicted octanol–water partition coefficient (Wildman–Crippen LogP) is 3.47. The van der Waals surface area contributed by atoms with Crippen LogP contribution < -0.4 is 4.90 Å². The average molecular weight is 255 g/mol. The van der Waals surface area contributed by atoms with Crippen LogP contribution in [0.25, 0.3) is 11.3 Å². The Morgan fingerprint density at radius 3 is 2.58 bits per heavy atom. The van der Waals surface area contributed by atoms with Gasteiger partial charge in [-0.1, -0.05) is 31.5 Å². The van der Waals surface area contributed by atoms with Crippen molar-refractivity contribution < 1.29 is 0 Å². The highest BCUT2D eigenvalue weighted by atomic mass is 15.1. The summed E-state index contributed by atoms with van der Waals surface area (Å²) in [6.07, 6.45) is 4.08. The fourth-order valence-corrected chi connectivity index (χ4v) is 2.24. The fraction of sp³-hybridized carbons (Fsp3) is 0.375. The first kappa shape index (κ1) is 13.5. The smallest absolute Gasteiger partial charge is 0.125 e. The van der Waals surface area contributed by atoms with E-state index >= 15 is 0 Å². The number of aromatic nitrogens is 2. The Morgan fingerprint density at radius 2 is 1.89 bits per heavy atom. The normalized spacial score (nSPS) is 10.5. The second-order valence-electron chi connectivity index (χ2n) is 4.95. The summed E-state index contributed by atoms with van der Waals surface area (Å²) in [5, 5.41) is 0. The minimum atomic E-state index is 0.823. The van der Waals surface area contributed by atoms with E-state index in [1.54, 1.807) is 0 Å². The van der Waals surface area contributed by atoms with E-state index in [0.29, 0.717) is 0 Å². The van der Waals surface area contributed by atoms with Crippen LogP contribution in [0.15, 0.2) is 30.5 Å². The van der Waals surface area contributed by atoms with Crippen molar-refractivity contribution in [1.29, 1.82) is 0 Å². The zero-order valence-electron chi connectivity index (χ0n) is 12.1. The average Bonchev–Trinajstić information content (AvgIpc) is 2.41. The van der Waals surface area contributed by atoms with Gasteiger partial charge in [-0.15, -0.1) is 0 Å². The molecule has 0 unspecified atom stereocenters. The second kappa shape index (κ2) is 5.83. The zero-order valence-corrected chi connectivity index (χ0v) is 12.1. The van der Waals surface area contributed by atoms with Gasteiger partial charge >= 0.3 is 0 Å². The largest absolute Gasteiger partial charge is 0.377 e. The van der Waals surface area contributed by atoms with Crippen LogP contribution in [0.4, 0.5) is 5.69 Å². The molecule has 100 valence electrons. The Bertz CT molecular complexity index is 562. The predicted molar refractivity (Wildman–Crippen MR) is 80.5 cm³/mol. The molecule has 0 atom stereocenters. The van der Waals surface area contributed by atoms with Gasteiger partial charge in [0.15, 0.2) is 0 Å². The van der Waals surface area contributed by atoms with Gasteiger partial charge < -0.3 is 4.90 Å². The van der Waals surface area contributed by atoms with Crippen LogP contribution in [0.1, 0.15) is 24.7 Å². The van der Waals surface area contributed by atoms with Gasteiger partial charge in [0.1, 0.15) is 5.82 Å². The molecule has 0 amide bonds. The molecule has 1 aromatic carbocycles. The van der Waals surface area contributed by atoms with Crippen molar-refractivity contribution in [2.24, 2.45) is 0 Å². The van der Waals surface area contributed by atoms with Crippen molar-refractivity contribution in [2.45, 2.75) is 26.7 Å². The lowest BCUT2D eigenvalue weighted by Gasteiger charge is -2.18. The molecule has 1 aromatic heterocycles. The van der Waals surface area contributed by atoms with Crippen molar-refractivity contribution in [1.82, 2.24) is 9.97 Å². The zero-order chi connectivity index (χ0) is 13.8. The highest BCUT2D eigenvalue weighted by Crippen LogP contribution is 2.30. The molecule has 0 N–H and O–H groups in total. The van der Waals surface area contributed by atoms with Crippen LogP contribution in [0.2, 0.25) is 0 Å². The number of hydrogen-bond acceptors (Lipinski definition) is 3. The number of aryl methyl sites for hydroxylation is 2. The van der Waals surface area contributed by atoms with Gasteiger partial charge in [-0.2, -0.15) is 0 Å². The first-order valence-electron chi connectivity index (χ1n) is 6.72. The summed E-state index contributed by atoms with van der Waals surface area (Å²) in [6, 6.07) is 8.39. The van der Waals surface area contributed by atoms with E-state index in [-0.39, 0.29) is 0 Å². The molecule has 0 fully saturated rings. The third-order valence-electron chi connectivity index (χ3n) is 3.15. The summed E-state index contributed by atoms with van der Waals surface area (Å²) in [7, 11) is 4.12. The summed E-state index contributed by atoms with van der Waals surface area (Å²) in [5.41, 5.74) is 4.67. The Kier molecular flexibility index (Phi) is 4.15. The van der Waals surface area contributed by atoms with Crippen molar-refractivity contribution in [2.75, 3.05) is 19.0 Å². The lowest BCUT2D eigenvalue weighted by Crippen LogP contribution is -2.11. The van der Waals surface area contributed by atoms with Gasteiger partial charge in [-0.05, 0) is 25.0 Å². The van der Waals surface area contributed by atoms with Crippen molar-refractivity contribution in [3.63, 3.8) is 0 Å². The van der Waals surface area contributed by atoms with Gasteiger partial charge in [0.25, 0.3) is 0 Å². The third-order valence-corrected chi connectivity index (χ3v) is 3.15. The number of para-hydroxylation sites is 1. The fourth-order valence-electron chi connectivity index (χ4n) is 2.24. The standard InChI is InChI=1S/C16H21N3/c1-5-8-13-11-17-12(2)18-16(13)14-9-6-7-10-15(14)19(3)4/h6-7,9-11H,5,8H2,1-4H3. The molecule has 0 aliphatic heterocycles. The molecule has 0 radical (unpaired) electrons. The van der Waals surface area contributed by atoms with Crippen LogP contribution in [-0.4, -0.2) is 24.1 Å². The molecular formula is C16H21N3. The SMILES string of the molecule is CCCc1cnc(C)nc1-c1ccccc1N(C)C. The highest BCUT2D eigenvalue weighted by Gasteiger charge is 2.12. The maximum atomic E-state index is 4.67. The molecule has 0 bridgehead atoms. The Morgan fingerprint density at radius 1 is 1.16 bits per heavy atom. The summed E-state index contributed by atoms with van der Waals surface area (Å²) >= 11 is 0. The van der Waals surface area contributed by atoms with E-state index in [0.717, 1.165) is 24.4 Å². The minimum absolute atomic E-state index is 0.823. The Labute approximate surface area is 115 Å². The highest BCUT2D eigenvalue weighted by molar-refractivity contribution is 5.77. The molecule has 0 saturated carbocycles. The van der Waals surface area contributed by atoms with E-state index in [4.69, 9.17) is 0 Å². The molecule has 0 aliphatic rings. The van der Waals surface area contributed by atoms with Crippen LogP contribution in [0.5, 0.6) is 0 Å². The van der Waals surface area contributed by atoms with Gasteiger partial charge in [0, 0.05) is 31.5 Å². The number of hydrogen-bond donors (Lipinski definition) is 0. The van der Waals surface area contributed by atoms with Crippen LogP contribution in [-0.2, 0) is 6.42 Å². The van der Waals surface area contributed by atoms with E-state index in [1.165, 1.54) is 16.8 Å². The quantitative estimate of drug-likeness (QED) is 0.837. The summed E-state index contributed by atoms with van der Waals surface area (Å²) < 4.78 is 0. The molecule has 3 nitrogen and oxygen atoms in total. The van der Waals surface area contributed by atoms with Crippen LogP contribution >= 0.6 is 0 Å². The van der Waals surface area contributed by atoms with Gasteiger partial charge in [0.05, 0.1) is 5.69 Å². The number of benzene rings is 1. The van der Waals surface area contributed by atoms with E-state index < -0.39 is 0 Å². The van der Waals surface area contributed by atoms with Gasteiger partial charge in [-0.3, -0.25) is 0 Å². The van der Waals surface area contributed by atoms with Crippen LogP contribution in [0, 0.1) is 6.92 Å².